The van der Waals surface area contributed by atoms with Crippen LogP contribution in [0.4, 0.5) is 8.78 Å². The highest BCUT2D eigenvalue weighted by Gasteiger charge is 2.13. The maximum absolute atomic E-state index is 13.5. The second-order valence-corrected chi connectivity index (χ2v) is 6.24. The van der Waals surface area contributed by atoms with Crippen LogP contribution in [-0.2, 0) is 9.53 Å². The number of nitrogens with one attached hydrogen (secondary N) is 1. The van der Waals surface area contributed by atoms with Gasteiger partial charge in [0.25, 0.3) is 5.91 Å². The molecule has 29 heavy (non-hydrogen) atoms. The Hall–Kier alpha value is -3.48. The Morgan fingerprint density at radius 2 is 1.69 bits per heavy atom. The third kappa shape index (κ3) is 5.75. The highest BCUT2D eigenvalue weighted by Crippen LogP contribution is 2.20. The van der Waals surface area contributed by atoms with Crippen LogP contribution in [-0.4, -0.2) is 31.6 Å². The maximum Gasteiger partial charge on any atom is 0.325 e. The Morgan fingerprint density at radius 3 is 2.48 bits per heavy atom. The van der Waals surface area contributed by atoms with E-state index in [2.05, 4.69) is 5.32 Å². The second kappa shape index (κ2) is 9.64. The molecule has 7 heteroatoms. The predicted molar refractivity (Wildman–Crippen MR) is 104 cm³/mol. The molecule has 0 aliphatic carbocycles. The summed E-state index contributed by atoms with van der Waals surface area (Å²) in [5, 5.41) is 4.43. The highest BCUT2D eigenvalue weighted by atomic mass is 19.1. The number of carbonyl (C=O) groups excluding carboxylic acids is 2. The Labute approximate surface area is 166 Å². The molecule has 0 fully saturated rings. The number of benzene rings is 3. The van der Waals surface area contributed by atoms with Gasteiger partial charge in [-0.3, -0.25) is 9.59 Å². The van der Waals surface area contributed by atoms with E-state index in [1.807, 2.05) is 42.5 Å². The fraction of sp³-hybridized carbons (Fsp3) is 0.182. The van der Waals surface area contributed by atoms with Crippen molar-refractivity contribution in [3.05, 3.63) is 77.9 Å². The van der Waals surface area contributed by atoms with Gasteiger partial charge < -0.3 is 14.8 Å². The zero-order valence-electron chi connectivity index (χ0n) is 15.5. The van der Waals surface area contributed by atoms with Crippen molar-refractivity contribution in [2.75, 3.05) is 19.8 Å². The lowest BCUT2D eigenvalue weighted by atomic mass is 10.1. The molecule has 3 aromatic rings. The lowest BCUT2D eigenvalue weighted by molar-refractivity contribution is -0.142. The van der Waals surface area contributed by atoms with Crippen LogP contribution in [0.5, 0.6) is 5.75 Å². The molecule has 0 unspecified atom stereocenters. The summed E-state index contributed by atoms with van der Waals surface area (Å²) in [6.07, 6.45) is 0.471. The van der Waals surface area contributed by atoms with Gasteiger partial charge in [0.15, 0.2) is 0 Å². The van der Waals surface area contributed by atoms with Gasteiger partial charge in [0.2, 0.25) is 0 Å². The molecule has 1 amide bonds. The molecule has 0 radical (unpaired) electrons. The minimum Gasteiger partial charge on any atom is -0.493 e. The Morgan fingerprint density at radius 1 is 0.897 bits per heavy atom. The van der Waals surface area contributed by atoms with Gasteiger partial charge in [-0.1, -0.05) is 30.3 Å². The van der Waals surface area contributed by atoms with Crippen LogP contribution >= 0.6 is 0 Å². The summed E-state index contributed by atoms with van der Waals surface area (Å²) in [5.74, 6) is -2.54. The summed E-state index contributed by atoms with van der Waals surface area (Å²) in [6.45, 7) is 0.0626. The molecule has 150 valence electrons. The largest absolute Gasteiger partial charge is 0.493 e. The van der Waals surface area contributed by atoms with Crippen molar-refractivity contribution in [3.63, 3.8) is 0 Å². The molecule has 5 nitrogen and oxygen atoms in total. The fourth-order valence-electron chi connectivity index (χ4n) is 2.66. The molecule has 0 spiro atoms. The van der Waals surface area contributed by atoms with Crippen LogP contribution in [0.15, 0.2) is 60.7 Å². The summed E-state index contributed by atoms with van der Waals surface area (Å²) in [4.78, 5) is 23.5. The SMILES string of the molecule is O=C(CNC(=O)c1ccc(F)cc1F)OCCCOc1ccc2ccccc2c1. The summed E-state index contributed by atoms with van der Waals surface area (Å²) in [5.41, 5.74) is -0.344. The molecule has 0 saturated carbocycles. The number of hydrogen-bond acceptors (Lipinski definition) is 4. The number of amides is 1. The van der Waals surface area contributed by atoms with E-state index in [1.165, 1.54) is 0 Å². The average Bonchev–Trinajstić information content (AvgIpc) is 2.71. The molecule has 0 aliphatic rings. The van der Waals surface area contributed by atoms with Crippen LogP contribution in [0.2, 0.25) is 0 Å². The van der Waals surface area contributed by atoms with Crippen molar-refractivity contribution < 1.29 is 27.8 Å². The summed E-state index contributed by atoms with van der Waals surface area (Å²) in [7, 11) is 0. The van der Waals surface area contributed by atoms with Crippen molar-refractivity contribution in [2.24, 2.45) is 0 Å². The van der Waals surface area contributed by atoms with Crippen molar-refractivity contribution >= 4 is 22.6 Å². The van der Waals surface area contributed by atoms with E-state index in [-0.39, 0.29) is 12.2 Å². The number of esters is 1. The fourth-order valence-corrected chi connectivity index (χ4v) is 2.66. The molecule has 0 heterocycles. The molecule has 0 bridgehead atoms. The normalized spacial score (nSPS) is 10.6. The molecule has 1 N–H and O–H groups in total. The first kappa shape index (κ1) is 20.3. The standard InChI is InChI=1S/C22H19F2NO4/c23-17-7-9-19(20(24)13-17)22(27)25-14-21(26)29-11-3-10-28-18-8-6-15-4-1-2-5-16(15)12-18/h1-2,4-9,12-13H,3,10-11,14H2,(H,25,27). The number of halogens is 2. The van der Waals surface area contributed by atoms with E-state index in [9.17, 15) is 18.4 Å². The van der Waals surface area contributed by atoms with Gasteiger partial charge in [0.05, 0.1) is 18.8 Å². The topological polar surface area (TPSA) is 64.6 Å². The molecule has 0 atom stereocenters. The molecule has 0 saturated heterocycles. The van der Waals surface area contributed by atoms with E-state index in [0.717, 1.165) is 28.7 Å². The number of hydrogen-bond donors (Lipinski definition) is 1. The zero-order valence-corrected chi connectivity index (χ0v) is 15.5. The number of carbonyl (C=O) groups is 2. The third-order valence-electron chi connectivity index (χ3n) is 4.11. The first-order valence-electron chi connectivity index (χ1n) is 9.03. The van der Waals surface area contributed by atoms with Gasteiger partial charge in [0, 0.05) is 12.5 Å². The average molecular weight is 399 g/mol. The van der Waals surface area contributed by atoms with Crippen molar-refractivity contribution in [1.82, 2.24) is 5.32 Å². The van der Waals surface area contributed by atoms with Crippen LogP contribution in [0.3, 0.4) is 0 Å². The first-order chi connectivity index (χ1) is 14.0. The first-order valence-corrected chi connectivity index (χ1v) is 9.03. The number of ether oxygens (including phenoxy) is 2. The molecule has 0 aromatic heterocycles. The number of rotatable bonds is 8. The van der Waals surface area contributed by atoms with E-state index in [1.54, 1.807) is 0 Å². The van der Waals surface area contributed by atoms with Crippen LogP contribution in [0, 0.1) is 11.6 Å². The predicted octanol–water partition coefficient (Wildman–Crippen LogP) is 3.86. The Balaban J connectivity index is 1.34. The van der Waals surface area contributed by atoms with Crippen LogP contribution in [0.1, 0.15) is 16.8 Å². The van der Waals surface area contributed by atoms with Crippen molar-refractivity contribution in [3.8, 4) is 5.75 Å². The molecular weight excluding hydrogens is 380 g/mol. The lowest BCUT2D eigenvalue weighted by Gasteiger charge is -2.09. The Kier molecular flexibility index (Phi) is 6.73. The minimum atomic E-state index is -0.998. The molecular formula is C22H19F2NO4. The summed E-state index contributed by atoms with van der Waals surface area (Å²) < 4.78 is 37.0. The second-order valence-electron chi connectivity index (χ2n) is 6.24. The quantitative estimate of drug-likeness (QED) is 0.462. The highest BCUT2D eigenvalue weighted by molar-refractivity contribution is 5.96. The molecule has 3 aromatic carbocycles. The van der Waals surface area contributed by atoms with E-state index in [4.69, 9.17) is 9.47 Å². The summed E-state index contributed by atoms with van der Waals surface area (Å²) in [6, 6.07) is 16.3. The van der Waals surface area contributed by atoms with Crippen molar-refractivity contribution in [1.29, 1.82) is 0 Å². The lowest BCUT2D eigenvalue weighted by Crippen LogP contribution is -2.31. The van der Waals surface area contributed by atoms with Gasteiger partial charge in [-0.25, -0.2) is 8.78 Å². The smallest absolute Gasteiger partial charge is 0.325 e. The van der Waals surface area contributed by atoms with E-state index >= 15 is 0 Å². The zero-order chi connectivity index (χ0) is 20.6. The van der Waals surface area contributed by atoms with Crippen molar-refractivity contribution in [2.45, 2.75) is 6.42 Å². The van der Waals surface area contributed by atoms with Gasteiger partial charge in [0.1, 0.15) is 23.9 Å². The van der Waals surface area contributed by atoms with Gasteiger partial charge in [-0.05, 0) is 35.0 Å². The van der Waals surface area contributed by atoms with Gasteiger partial charge in [-0.2, -0.15) is 0 Å². The minimum absolute atomic E-state index is 0.118. The third-order valence-corrected chi connectivity index (χ3v) is 4.11. The summed E-state index contributed by atoms with van der Waals surface area (Å²) >= 11 is 0. The molecule has 0 aliphatic heterocycles. The Bertz CT molecular complexity index is 1020. The monoisotopic (exact) mass is 399 g/mol. The van der Waals surface area contributed by atoms with Crippen LogP contribution in [0.25, 0.3) is 10.8 Å². The maximum atomic E-state index is 13.5. The molecule has 3 rings (SSSR count). The van der Waals surface area contributed by atoms with E-state index in [0.29, 0.717) is 19.1 Å². The van der Waals surface area contributed by atoms with Crippen LogP contribution < -0.4 is 10.1 Å². The van der Waals surface area contributed by atoms with Gasteiger partial charge in [-0.15, -0.1) is 0 Å². The van der Waals surface area contributed by atoms with E-state index < -0.39 is 30.1 Å². The van der Waals surface area contributed by atoms with Gasteiger partial charge >= 0.3 is 5.97 Å². The number of fused-ring (bicyclic) bond motifs is 1.